The molecule has 1 fully saturated rings. The van der Waals surface area contributed by atoms with E-state index in [1.165, 1.54) is 25.7 Å². The van der Waals surface area contributed by atoms with Crippen molar-refractivity contribution in [2.45, 2.75) is 51.1 Å². The second-order valence-corrected chi connectivity index (χ2v) is 3.42. The van der Waals surface area contributed by atoms with Gasteiger partial charge in [-0.15, -0.1) is 0 Å². The van der Waals surface area contributed by atoms with Crippen LogP contribution < -0.4 is 11.1 Å². The van der Waals surface area contributed by atoms with Crippen LogP contribution in [-0.2, 0) is 0 Å². The van der Waals surface area contributed by atoms with Crippen LogP contribution in [0.1, 0.15) is 39.0 Å². The number of hydrogen-bond acceptors (Lipinski definition) is 1. The van der Waals surface area contributed by atoms with Gasteiger partial charge in [0.25, 0.3) is 0 Å². The third-order valence-electron chi connectivity index (χ3n) is 2.39. The summed E-state index contributed by atoms with van der Waals surface area (Å²) in [5.41, 5.74) is 5.97. The van der Waals surface area contributed by atoms with Gasteiger partial charge in [-0.25, -0.2) is 5.32 Å². The molecule has 0 aromatic heterocycles. The molecule has 0 bridgehead atoms. The standard InChI is InChI=1S/C9H19N2/c1-2-5-8(10)9-6-3-4-7-11-9/h8-9H,2-7,10H2,1H3. The lowest BCUT2D eigenvalue weighted by Gasteiger charge is -2.26. The van der Waals surface area contributed by atoms with Crippen molar-refractivity contribution in [1.29, 1.82) is 0 Å². The molecule has 2 atom stereocenters. The maximum absolute atomic E-state index is 5.97. The summed E-state index contributed by atoms with van der Waals surface area (Å²) in [6, 6.07) is 0.809. The van der Waals surface area contributed by atoms with Gasteiger partial charge < -0.3 is 5.73 Å². The molecule has 0 aliphatic carbocycles. The van der Waals surface area contributed by atoms with Gasteiger partial charge in [0.05, 0.1) is 0 Å². The first-order valence-corrected chi connectivity index (χ1v) is 4.76. The summed E-state index contributed by atoms with van der Waals surface area (Å²) in [5, 5.41) is 4.52. The summed E-state index contributed by atoms with van der Waals surface area (Å²) in [5.74, 6) is 0. The van der Waals surface area contributed by atoms with E-state index < -0.39 is 0 Å². The van der Waals surface area contributed by atoms with E-state index >= 15 is 0 Å². The molecule has 2 N–H and O–H groups in total. The molecule has 1 heterocycles. The predicted molar refractivity (Wildman–Crippen MR) is 47.5 cm³/mol. The van der Waals surface area contributed by atoms with Gasteiger partial charge in [0, 0.05) is 18.6 Å². The second-order valence-electron chi connectivity index (χ2n) is 3.42. The fraction of sp³-hybridized carbons (Fsp3) is 1.00. The van der Waals surface area contributed by atoms with E-state index in [1.807, 2.05) is 0 Å². The summed E-state index contributed by atoms with van der Waals surface area (Å²) < 4.78 is 0. The van der Waals surface area contributed by atoms with Crippen LogP contribution in [0, 0.1) is 0 Å². The van der Waals surface area contributed by atoms with Gasteiger partial charge >= 0.3 is 0 Å². The van der Waals surface area contributed by atoms with Crippen LogP contribution in [0.5, 0.6) is 0 Å². The zero-order chi connectivity index (χ0) is 8.10. The van der Waals surface area contributed by atoms with E-state index in [2.05, 4.69) is 12.2 Å². The molecule has 0 spiro atoms. The minimum Gasteiger partial charge on any atom is -0.326 e. The molecule has 2 heteroatoms. The highest BCUT2D eigenvalue weighted by atomic mass is 15.0. The Morgan fingerprint density at radius 2 is 2.36 bits per heavy atom. The summed E-state index contributed by atoms with van der Waals surface area (Å²) in [4.78, 5) is 0. The number of rotatable bonds is 3. The van der Waals surface area contributed by atoms with E-state index in [1.54, 1.807) is 0 Å². The maximum Gasteiger partial charge on any atom is 0.0397 e. The Kier molecular flexibility index (Phi) is 3.87. The molecule has 0 aromatic rings. The van der Waals surface area contributed by atoms with Crippen LogP contribution in [0.15, 0.2) is 0 Å². The highest BCUT2D eigenvalue weighted by molar-refractivity contribution is 4.81. The molecule has 1 aliphatic heterocycles. The van der Waals surface area contributed by atoms with Gasteiger partial charge in [-0.05, 0) is 19.3 Å². The van der Waals surface area contributed by atoms with Gasteiger partial charge in [0.2, 0.25) is 0 Å². The van der Waals surface area contributed by atoms with Crippen molar-refractivity contribution in [2.24, 2.45) is 5.73 Å². The van der Waals surface area contributed by atoms with Gasteiger partial charge in [0.1, 0.15) is 0 Å². The Bertz CT molecular complexity index is 97.7. The van der Waals surface area contributed by atoms with E-state index in [0.717, 1.165) is 13.0 Å². The Balaban J connectivity index is 2.21. The number of nitrogens with zero attached hydrogens (tertiary/aromatic N) is 1. The highest BCUT2D eigenvalue weighted by Crippen LogP contribution is 2.13. The van der Waals surface area contributed by atoms with Gasteiger partial charge in [-0.1, -0.05) is 19.8 Å². The topological polar surface area (TPSA) is 40.1 Å². The molecule has 2 unspecified atom stereocenters. The molecule has 1 rings (SSSR count). The molecular weight excluding hydrogens is 136 g/mol. The molecule has 0 amide bonds. The summed E-state index contributed by atoms with van der Waals surface area (Å²) >= 11 is 0. The molecule has 1 aliphatic rings. The highest BCUT2D eigenvalue weighted by Gasteiger charge is 2.19. The quantitative estimate of drug-likeness (QED) is 0.655. The lowest BCUT2D eigenvalue weighted by molar-refractivity contribution is 0.331. The SMILES string of the molecule is CCCC(N)C1CCCC[N]1. The Morgan fingerprint density at radius 3 is 2.91 bits per heavy atom. The Hall–Kier alpha value is -0.0800. The van der Waals surface area contributed by atoms with Crippen LogP contribution in [0.25, 0.3) is 0 Å². The van der Waals surface area contributed by atoms with Crippen molar-refractivity contribution in [3.8, 4) is 0 Å². The van der Waals surface area contributed by atoms with Gasteiger partial charge in [-0.3, -0.25) is 0 Å². The van der Waals surface area contributed by atoms with E-state index in [-0.39, 0.29) is 0 Å². The summed E-state index contributed by atoms with van der Waals surface area (Å²) in [6.45, 7) is 3.23. The molecular formula is C9H19N2. The first-order chi connectivity index (χ1) is 5.34. The molecule has 0 aromatic carbocycles. The predicted octanol–water partition coefficient (Wildman–Crippen LogP) is 1.27. The minimum atomic E-state index is 0.334. The summed E-state index contributed by atoms with van der Waals surface area (Å²) in [7, 11) is 0. The molecule has 2 nitrogen and oxygen atoms in total. The third-order valence-corrected chi connectivity index (χ3v) is 2.39. The second kappa shape index (κ2) is 4.73. The smallest absolute Gasteiger partial charge is 0.0397 e. The first kappa shape index (κ1) is 9.01. The third kappa shape index (κ3) is 2.80. The first-order valence-electron chi connectivity index (χ1n) is 4.76. The minimum absolute atomic E-state index is 0.334. The van der Waals surface area contributed by atoms with Crippen molar-refractivity contribution >= 4 is 0 Å². The Morgan fingerprint density at radius 1 is 1.55 bits per heavy atom. The molecule has 1 radical (unpaired) electrons. The fourth-order valence-corrected chi connectivity index (χ4v) is 1.69. The fourth-order valence-electron chi connectivity index (χ4n) is 1.69. The van der Waals surface area contributed by atoms with Crippen molar-refractivity contribution in [1.82, 2.24) is 5.32 Å². The zero-order valence-corrected chi connectivity index (χ0v) is 7.42. The monoisotopic (exact) mass is 155 g/mol. The zero-order valence-electron chi connectivity index (χ0n) is 7.42. The Labute approximate surface area is 69.5 Å². The normalized spacial score (nSPS) is 28.4. The van der Waals surface area contributed by atoms with Crippen molar-refractivity contribution in [3.05, 3.63) is 0 Å². The van der Waals surface area contributed by atoms with Crippen LogP contribution in [0.3, 0.4) is 0 Å². The van der Waals surface area contributed by atoms with E-state index in [4.69, 9.17) is 5.73 Å². The molecule has 0 saturated carbocycles. The average molecular weight is 155 g/mol. The van der Waals surface area contributed by atoms with Crippen molar-refractivity contribution in [3.63, 3.8) is 0 Å². The van der Waals surface area contributed by atoms with Crippen LogP contribution in [0.4, 0.5) is 0 Å². The molecule has 65 valence electrons. The number of piperidine rings is 1. The number of hydrogen-bond donors (Lipinski definition) is 1. The van der Waals surface area contributed by atoms with E-state index in [9.17, 15) is 0 Å². The van der Waals surface area contributed by atoms with Crippen molar-refractivity contribution < 1.29 is 0 Å². The van der Waals surface area contributed by atoms with Crippen LogP contribution in [0.2, 0.25) is 0 Å². The lowest BCUT2D eigenvalue weighted by atomic mass is 9.96. The largest absolute Gasteiger partial charge is 0.326 e. The maximum atomic E-state index is 5.97. The number of nitrogens with two attached hydrogens (primary N) is 1. The van der Waals surface area contributed by atoms with Gasteiger partial charge in [0.15, 0.2) is 0 Å². The van der Waals surface area contributed by atoms with Gasteiger partial charge in [-0.2, -0.15) is 0 Å². The van der Waals surface area contributed by atoms with E-state index in [0.29, 0.717) is 12.1 Å². The average Bonchev–Trinajstić information content (AvgIpc) is 2.07. The molecule has 11 heavy (non-hydrogen) atoms. The lowest BCUT2D eigenvalue weighted by Crippen LogP contribution is -2.43. The van der Waals surface area contributed by atoms with Crippen LogP contribution >= 0.6 is 0 Å². The van der Waals surface area contributed by atoms with Crippen molar-refractivity contribution in [2.75, 3.05) is 6.54 Å². The summed E-state index contributed by atoms with van der Waals surface area (Å²) in [6.07, 6.45) is 6.14. The molecule has 1 saturated heterocycles. The van der Waals surface area contributed by atoms with Crippen LogP contribution in [-0.4, -0.2) is 18.6 Å².